The van der Waals surface area contributed by atoms with Gasteiger partial charge in [0, 0.05) is 12.2 Å². The lowest BCUT2D eigenvalue weighted by molar-refractivity contribution is 0.411. The molecule has 0 bridgehead atoms. The largest absolute Gasteiger partial charge is 0.495 e. The number of pyridine rings is 1. The van der Waals surface area contributed by atoms with E-state index in [-0.39, 0.29) is 11.1 Å². The van der Waals surface area contributed by atoms with Crippen LogP contribution >= 0.6 is 11.6 Å². The molecule has 0 aliphatic rings. The molecule has 0 saturated carbocycles. The van der Waals surface area contributed by atoms with Gasteiger partial charge in [0.2, 0.25) is 0 Å². The maximum absolute atomic E-state index is 13.8. The van der Waals surface area contributed by atoms with Crippen molar-refractivity contribution in [2.24, 2.45) is 5.73 Å². The van der Waals surface area contributed by atoms with Gasteiger partial charge < -0.3 is 10.5 Å². The summed E-state index contributed by atoms with van der Waals surface area (Å²) in [7, 11) is 1.56. The monoisotopic (exact) mass is 280 g/mol. The number of hydrogen-bond donors (Lipinski definition) is 1. The highest BCUT2D eigenvalue weighted by Gasteiger charge is 2.13. The van der Waals surface area contributed by atoms with Gasteiger partial charge in [-0.1, -0.05) is 23.7 Å². The van der Waals surface area contributed by atoms with Crippen LogP contribution in [0.4, 0.5) is 4.39 Å². The Bertz CT molecular complexity index is 577. The number of halogens is 2. The summed E-state index contributed by atoms with van der Waals surface area (Å²) in [5.41, 5.74) is 7.34. The Kier molecular flexibility index (Phi) is 4.35. The number of methoxy groups -OCH3 is 1. The maximum atomic E-state index is 13.8. The minimum atomic E-state index is -0.421. The van der Waals surface area contributed by atoms with E-state index in [2.05, 4.69) is 4.98 Å². The standard InChI is InChI=1S/C14H14ClFN2O/c1-19-11-5-10(7-18-8-11)13(17)6-9-3-2-4-12(15)14(9)16/h2-5,7-8,13H,6,17H2,1H3. The number of benzene rings is 1. The van der Waals surface area contributed by atoms with Gasteiger partial charge in [0.25, 0.3) is 0 Å². The van der Waals surface area contributed by atoms with Crippen molar-refractivity contribution < 1.29 is 9.13 Å². The molecule has 100 valence electrons. The van der Waals surface area contributed by atoms with Crippen molar-refractivity contribution in [1.29, 1.82) is 0 Å². The molecule has 0 radical (unpaired) electrons. The van der Waals surface area contributed by atoms with Gasteiger partial charge in [-0.2, -0.15) is 0 Å². The first-order valence-electron chi connectivity index (χ1n) is 5.79. The van der Waals surface area contributed by atoms with Crippen LogP contribution in [0.2, 0.25) is 5.02 Å². The lowest BCUT2D eigenvalue weighted by Gasteiger charge is -2.13. The summed E-state index contributed by atoms with van der Waals surface area (Å²) in [6.07, 6.45) is 3.59. The highest BCUT2D eigenvalue weighted by molar-refractivity contribution is 6.30. The first-order valence-corrected chi connectivity index (χ1v) is 6.17. The predicted octanol–water partition coefficient (Wildman–Crippen LogP) is 3.13. The summed E-state index contributed by atoms with van der Waals surface area (Å²) in [5, 5.41) is 0.105. The summed E-state index contributed by atoms with van der Waals surface area (Å²) in [4.78, 5) is 4.03. The summed E-state index contributed by atoms with van der Waals surface area (Å²) >= 11 is 5.74. The fraction of sp³-hybridized carbons (Fsp3) is 0.214. The smallest absolute Gasteiger partial charge is 0.145 e. The van der Waals surface area contributed by atoms with Gasteiger partial charge in [-0.3, -0.25) is 4.98 Å². The molecule has 0 saturated heterocycles. The van der Waals surface area contributed by atoms with Crippen LogP contribution in [0.3, 0.4) is 0 Å². The predicted molar refractivity (Wildman–Crippen MR) is 72.8 cm³/mol. The lowest BCUT2D eigenvalue weighted by Crippen LogP contribution is -2.14. The number of aromatic nitrogens is 1. The van der Waals surface area contributed by atoms with E-state index in [0.29, 0.717) is 17.7 Å². The Hall–Kier alpha value is -1.65. The van der Waals surface area contributed by atoms with Gasteiger partial charge in [-0.05, 0) is 29.7 Å². The average Bonchev–Trinajstić information content (AvgIpc) is 2.44. The van der Waals surface area contributed by atoms with Gasteiger partial charge in [0.05, 0.1) is 18.3 Å². The first kappa shape index (κ1) is 13.8. The van der Waals surface area contributed by atoms with Crippen molar-refractivity contribution in [3.8, 4) is 5.75 Å². The molecule has 0 aliphatic carbocycles. The SMILES string of the molecule is COc1cncc(C(N)Cc2cccc(Cl)c2F)c1. The molecule has 0 fully saturated rings. The molecule has 2 rings (SSSR count). The Labute approximate surface area is 116 Å². The fourth-order valence-electron chi connectivity index (χ4n) is 1.81. The van der Waals surface area contributed by atoms with Crippen LogP contribution in [0.25, 0.3) is 0 Å². The molecule has 0 amide bonds. The average molecular weight is 281 g/mol. The summed E-state index contributed by atoms with van der Waals surface area (Å²) in [6.45, 7) is 0. The summed E-state index contributed by atoms with van der Waals surface area (Å²) in [5.74, 6) is 0.204. The third-order valence-electron chi connectivity index (χ3n) is 2.87. The molecule has 1 heterocycles. The number of rotatable bonds is 4. The summed E-state index contributed by atoms with van der Waals surface area (Å²) in [6, 6.07) is 6.32. The Morgan fingerprint density at radius 1 is 1.42 bits per heavy atom. The van der Waals surface area contributed by atoms with Crippen LogP contribution in [0, 0.1) is 5.82 Å². The van der Waals surface area contributed by atoms with E-state index in [1.165, 1.54) is 6.07 Å². The van der Waals surface area contributed by atoms with Crippen molar-refractivity contribution in [1.82, 2.24) is 4.98 Å². The van der Waals surface area contributed by atoms with E-state index in [1.54, 1.807) is 37.7 Å². The van der Waals surface area contributed by atoms with Crippen molar-refractivity contribution in [2.45, 2.75) is 12.5 Å². The van der Waals surface area contributed by atoms with Crippen LogP contribution in [0.1, 0.15) is 17.2 Å². The van der Waals surface area contributed by atoms with Crippen molar-refractivity contribution in [3.05, 3.63) is 58.6 Å². The normalized spacial score (nSPS) is 12.2. The molecule has 1 aromatic carbocycles. The number of nitrogens with two attached hydrogens (primary N) is 1. The molecule has 2 N–H and O–H groups in total. The molecule has 1 atom stereocenters. The van der Waals surface area contributed by atoms with E-state index in [4.69, 9.17) is 22.1 Å². The summed E-state index contributed by atoms with van der Waals surface area (Å²) < 4.78 is 18.9. The Balaban J connectivity index is 2.20. The van der Waals surface area contributed by atoms with Crippen LogP contribution in [-0.4, -0.2) is 12.1 Å². The molecule has 19 heavy (non-hydrogen) atoms. The third-order valence-corrected chi connectivity index (χ3v) is 3.16. The van der Waals surface area contributed by atoms with Gasteiger partial charge in [-0.15, -0.1) is 0 Å². The number of ether oxygens (including phenoxy) is 1. The van der Waals surface area contributed by atoms with Gasteiger partial charge in [0.1, 0.15) is 11.6 Å². The number of nitrogens with zero attached hydrogens (tertiary/aromatic N) is 1. The molecule has 0 spiro atoms. The third kappa shape index (κ3) is 3.22. The van der Waals surface area contributed by atoms with Crippen LogP contribution in [0.5, 0.6) is 5.75 Å². The molecular weight excluding hydrogens is 267 g/mol. The molecule has 2 aromatic rings. The fourth-order valence-corrected chi connectivity index (χ4v) is 2.00. The van der Waals surface area contributed by atoms with E-state index in [9.17, 15) is 4.39 Å². The highest BCUT2D eigenvalue weighted by Crippen LogP contribution is 2.23. The topological polar surface area (TPSA) is 48.1 Å². The molecule has 1 unspecified atom stereocenters. The second-order valence-corrected chi connectivity index (χ2v) is 4.59. The minimum Gasteiger partial charge on any atom is -0.495 e. The van der Waals surface area contributed by atoms with Crippen molar-refractivity contribution in [3.63, 3.8) is 0 Å². The lowest BCUT2D eigenvalue weighted by atomic mass is 10.0. The number of hydrogen-bond acceptors (Lipinski definition) is 3. The van der Waals surface area contributed by atoms with E-state index in [0.717, 1.165) is 5.56 Å². The van der Waals surface area contributed by atoms with Crippen LogP contribution in [-0.2, 0) is 6.42 Å². The quantitative estimate of drug-likeness (QED) is 0.936. The Morgan fingerprint density at radius 2 is 2.21 bits per heavy atom. The van der Waals surface area contributed by atoms with Gasteiger partial charge in [-0.25, -0.2) is 4.39 Å². The van der Waals surface area contributed by atoms with Gasteiger partial charge in [0.15, 0.2) is 0 Å². The molecule has 1 aromatic heterocycles. The zero-order valence-corrected chi connectivity index (χ0v) is 11.2. The van der Waals surface area contributed by atoms with E-state index in [1.807, 2.05) is 0 Å². The van der Waals surface area contributed by atoms with Crippen molar-refractivity contribution in [2.75, 3.05) is 7.11 Å². The minimum absolute atomic E-state index is 0.105. The molecule has 3 nitrogen and oxygen atoms in total. The molecule has 5 heteroatoms. The van der Waals surface area contributed by atoms with E-state index < -0.39 is 5.82 Å². The second-order valence-electron chi connectivity index (χ2n) is 4.18. The van der Waals surface area contributed by atoms with E-state index >= 15 is 0 Å². The van der Waals surface area contributed by atoms with Gasteiger partial charge >= 0.3 is 0 Å². The molecule has 0 aliphatic heterocycles. The molecular formula is C14H14ClFN2O. The zero-order chi connectivity index (χ0) is 13.8. The zero-order valence-electron chi connectivity index (χ0n) is 10.4. The highest BCUT2D eigenvalue weighted by atomic mass is 35.5. The first-order chi connectivity index (χ1) is 9.11. The maximum Gasteiger partial charge on any atom is 0.145 e. The van der Waals surface area contributed by atoms with Crippen LogP contribution < -0.4 is 10.5 Å². The van der Waals surface area contributed by atoms with Crippen LogP contribution in [0.15, 0.2) is 36.7 Å². The Morgan fingerprint density at radius 3 is 2.95 bits per heavy atom. The second kappa shape index (κ2) is 5.99. The van der Waals surface area contributed by atoms with Crippen molar-refractivity contribution >= 4 is 11.6 Å².